The lowest BCUT2D eigenvalue weighted by atomic mass is 10.1. The summed E-state index contributed by atoms with van der Waals surface area (Å²) in [6.07, 6.45) is 0. The number of carbonyl (C=O) groups is 2. The first-order chi connectivity index (χ1) is 13.8. The molecular weight excluding hydrogens is 392 g/mol. The molecule has 0 spiro atoms. The van der Waals surface area contributed by atoms with E-state index in [1.54, 1.807) is 49.6 Å². The van der Waals surface area contributed by atoms with Crippen molar-refractivity contribution in [2.75, 3.05) is 20.6 Å². The van der Waals surface area contributed by atoms with Gasteiger partial charge in [-0.2, -0.15) is 0 Å². The van der Waals surface area contributed by atoms with Crippen LogP contribution in [-0.2, 0) is 11.4 Å². The number of amides is 2. The molecule has 2 heterocycles. The third-order valence-corrected chi connectivity index (χ3v) is 5.38. The number of primary amides is 1. The second-order valence-corrected chi connectivity index (χ2v) is 7.97. The second kappa shape index (κ2) is 8.62. The van der Waals surface area contributed by atoms with Crippen LogP contribution in [0.15, 0.2) is 28.1 Å². The lowest BCUT2D eigenvalue weighted by Gasteiger charge is -2.19. The van der Waals surface area contributed by atoms with Crippen molar-refractivity contribution >= 4 is 34.1 Å². The van der Waals surface area contributed by atoms with E-state index < -0.39 is 17.9 Å². The van der Waals surface area contributed by atoms with Gasteiger partial charge < -0.3 is 25.1 Å². The van der Waals surface area contributed by atoms with Gasteiger partial charge in [-0.05, 0) is 46.1 Å². The van der Waals surface area contributed by atoms with Gasteiger partial charge in [-0.15, -0.1) is 11.3 Å². The molecule has 2 amide bonds. The Kier molecular flexibility index (Phi) is 6.19. The molecule has 0 aliphatic heterocycles. The Labute approximate surface area is 172 Å². The molecule has 1 atom stereocenters. The Morgan fingerprint density at radius 3 is 2.72 bits per heavy atom. The Hall–Kier alpha value is -2.91. The standard InChI is InChI=1S/C20H24N4O4S/c1-11-17(29-10-22-11)9-27-13-5-6-16-14(7-13)18(12(2)28-16)20(26)23-15(19(21)25)8-24(3)4/h5-7,10,15H,8-9H2,1-4H3,(H2,21,25)(H,23,26). The molecule has 0 saturated carbocycles. The number of hydrogen-bond acceptors (Lipinski definition) is 7. The average Bonchev–Trinajstić information content (AvgIpc) is 3.20. The van der Waals surface area contributed by atoms with Gasteiger partial charge in [-0.1, -0.05) is 0 Å². The molecule has 3 N–H and O–H groups in total. The summed E-state index contributed by atoms with van der Waals surface area (Å²) in [5, 5.41) is 3.32. The molecule has 1 aromatic carbocycles. The van der Waals surface area contributed by atoms with Gasteiger partial charge in [-0.3, -0.25) is 9.59 Å². The zero-order valence-electron chi connectivity index (χ0n) is 16.8. The molecule has 2 aromatic heterocycles. The number of nitrogens with zero attached hydrogens (tertiary/aromatic N) is 2. The van der Waals surface area contributed by atoms with E-state index in [4.69, 9.17) is 14.9 Å². The summed E-state index contributed by atoms with van der Waals surface area (Å²) in [6, 6.07) is 4.51. The molecule has 0 radical (unpaired) electrons. The lowest BCUT2D eigenvalue weighted by Crippen LogP contribution is -2.49. The molecule has 3 aromatic rings. The van der Waals surface area contributed by atoms with E-state index in [0.29, 0.717) is 41.2 Å². The lowest BCUT2D eigenvalue weighted by molar-refractivity contribution is -0.120. The molecule has 0 aliphatic rings. The van der Waals surface area contributed by atoms with E-state index in [9.17, 15) is 9.59 Å². The minimum atomic E-state index is -0.810. The molecule has 9 heteroatoms. The Bertz CT molecular complexity index is 1040. The van der Waals surface area contributed by atoms with Gasteiger partial charge in [0.25, 0.3) is 5.91 Å². The predicted molar refractivity (Wildman–Crippen MR) is 111 cm³/mol. The van der Waals surface area contributed by atoms with Crippen LogP contribution in [0.4, 0.5) is 0 Å². The number of aromatic nitrogens is 1. The number of hydrogen-bond donors (Lipinski definition) is 2. The number of fused-ring (bicyclic) bond motifs is 1. The maximum absolute atomic E-state index is 12.9. The normalized spacial score (nSPS) is 12.3. The number of ether oxygens (including phenoxy) is 1. The van der Waals surface area contributed by atoms with E-state index in [-0.39, 0.29) is 0 Å². The summed E-state index contributed by atoms with van der Waals surface area (Å²) in [7, 11) is 3.60. The van der Waals surface area contributed by atoms with Gasteiger partial charge in [0.2, 0.25) is 5.91 Å². The monoisotopic (exact) mass is 416 g/mol. The summed E-state index contributed by atoms with van der Waals surface area (Å²) in [4.78, 5) is 31.6. The number of thiazole rings is 1. The molecular formula is C20H24N4O4S. The number of likely N-dealkylation sites (N-methyl/N-ethyl adjacent to an activating group) is 1. The van der Waals surface area contributed by atoms with Crippen molar-refractivity contribution in [3.8, 4) is 5.75 Å². The van der Waals surface area contributed by atoms with Crippen LogP contribution in [0.3, 0.4) is 0 Å². The van der Waals surface area contributed by atoms with Crippen LogP contribution < -0.4 is 15.8 Å². The maximum Gasteiger partial charge on any atom is 0.256 e. The molecule has 8 nitrogen and oxygen atoms in total. The van der Waals surface area contributed by atoms with E-state index in [1.165, 1.54) is 11.3 Å². The van der Waals surface area contributed by atoms with Crippen molar-refractivity contribution in [2.45, 2.75) is 26.5 Å². The highest BCUT2D eigenvalue weighted by Crippen LogP contribution is 2.30. The van der Waals surface area contributed by atoms with E-state index >= 15 is 0 Å². The Morgan fingerprint density at radius 2 is 2.10 bits per heavy atom. The number of nitrogens with two attached hydrogens (primary N) is 1. The highest BCUT2D eigenvalue weighted by atomic mass is 32.1. The molecule has 1 unspecified atom stereocenters. The van der Waals surface area contributed by atoms with Crippen molar-refractivity contribution in [3.63, 3.8) is 0 Å². The number of nitrogens with one attached hydrogen (secondary N) is 1. The maximum atomic E-state index is 12.9. The van der Waals surface area contributed by atoms with Crippen molar-refractivity contribution in [1.29, 1.82) is 0 Å². The predicted octanol–water partition coefficient (Wildman–Crippen LogP) is 2.23. The van der Waals surface area contributed by atoms with Crippen LogP contribution >= 0.6 is 11.3 Å². The summed E-state index contributed by atoms with van der Waals surface area (Å²) >= 11 is 1.53. The Balaban J connectivity index is 1.85. The molecule has 29 heavy (non-hydrogen) atoms. The minimum absolute atomic E-state index is 0.304. The number of rotatable bonds is 8. The van der Waals surface area contributed by atoms with Crippen molar-refractivity contribution in [3.05, 3.63) is 45.6 Å². The van der Waals surface area contributed by atoms with Gasteiger partial charge in [0.1, 0.15) is 29.7 Å². The quantitative estimate of drug-likeness (QED) is 0.583. The summed E-state index contributed by atoms with van der Waals surface area (Å²) in [5.74, 6) is 0.0599. The number of carbonyl (C=O) groups excluding carboxylic acids is 2. The third kappa shape index (κ3) is 4.75. The second-order valence-electron chi connectivity index (χ2n) is 7.03. The molecule has 154 valence electrons. The number of benzene rings is 1. The average molecular weight is 417 g/mol. The van der Waals surface area contributed by atoms with Crippen LogP contribution in [-0.4, -0.2) is 48.4 Å². The van der Waals surface area contributed by atoms with Gasteiger partial charge in [0.15, 0.2) is 0 Å². The zero-order chi connectivity index (χ0) is 21.1. The van der Waals surface area contributed by atoms with Crippen LogP contribution in [0.1, 0.15) is 26.7 Å². The van der Waals surface area contributed by atoms with Gasteiger partial charge >= 0.3 is 0 Å². The molecule has 0 bridgehead atoms. The zero-order valence-corrected chi connectivity index (χ0v) is 17.6. The van der Waals surface area contributed by atoms with Gasteiger partial charge in [-0.25, -0.2) is 4.98 Å². The molecule has 0 saturated heterocycles. The highest BCUT2D eigenvalue weighted by molar-refractivity contribution is 7.09. The van der Waals surface area contributed by atoms with Crippen LogP contribution in [0.5, 0.6) is 5.75 Å². The van der Waals surface area contributed by atoms with Crippen LogP contribution in [0.2, 0.25) is 0 Å². The Morgan fingerprint density at radius 1 is 1.34 bits per heavy atom. The summed E-state index contributed by atoms with van der Waals surface area (Å²) < 4.78 is 11.6. The number of aryl methyl sites for hydroxylation is 2. The molecule has 0 fully saturated rings. The fourth-order valence-corrected chi connectivity index (χ4v) is 3.68. The largest absolute Gasteiger partial charge is 0.488 e. The first-order valence-electron chi connectivity index (χ1n) is 9.06. The first-order valence-corrected chi connectivity index (χ1v) is 9.94. The summed E-state index contributed by atoms with van der Waals surface area (Å²) in [5.41, 5.74) is 9.08. The van der Waals surface area contributed by atoms with E-state index in [1.807, 2.05) is 6.92 Å². The SMILES string of the molecule is Cc1ncsc1COc1ccc2oc(C)c(C(=O)NC(CN(C)C)C(N)=O)c2c1. The molecule has 0 aliphatic carbocycles. The fraction of sp³-hybridized carbons (Fsp3) is 0.350. The van der Waals surface area contributed by atoms with E-state index in [2.05, 4.69) is 10.3 Å². The first kappa shape index (κ1) is 20.8. The van der Waals surface area contributed by atoms with E-state index in [0.717, 1.165) is 10.6 Å². The fourth-order valence-electron chi connectivity index (χ4n) is 2.99. The molecule has 3 rings (SSSR count). The third-order valence-electron chi connectivity index (χ3n) is 4.47. The van der Waals surface area contributed by atoms with Gasteiger partial charge in [0.05, 0.1) is 21.6 Å². The van der Waals surface area contributed by atoms with Crippen LogP contribution in [0, 0.1) is 13.8 Å². The van der Waals surface area contributed by atoms with Crippen LogP contribution in [0.25, 0.3) is 11.0 Å². The number of furan rings is 1. The highest BCUT2D eigenvalue weighted by Gasteiger charge is 2.24. The van der Waals surface area contributed by atoms with Crippen molar-refractivity contribution in [2.24, 2.45) is 5.73 Å². The minimum Gasteiger partial charge on any atom is -0.488 e. The topological polar surface area (TPSA) is 111 Å². The van der Waals surface area contributed by atoms with Crippen molar-refractivity contribution < 1.29 is 18.7 Å². The van der Waals surface area contributed by atoms with Crippen molar-refractivity contribution in [1.82, 2.24) is 15.2 Å². The summed E-state index contributed by atoms with van der Waals surface area (Å²) in [6.45, 7) is 4.34. The smallest absolute Gasteiger partial charge is 0.256 e. The van der Waals surface area contributed by atoms with Gasteiger partial charge in [0, 0.05) is 11.9 Å².